The van der Waals surface area contributed by atoms with Crippen molar-refractivity contribution in [3.05, 3.63) is 0 Å². The van der Waals surface area contributed by atoms with E-state index >= 15 is 0 Å². The first-order valence-electron chi connectivity index (χ1n) is 6.51. The second-order valence-electron chi connectivity index (χ2n) is 5.15. The molecule has 3 aliphatic rings. The van der Waals surface area contributed by atoms with Gasteiger partial charge in [-0.25, -0.2) is 0 Å². The van der Waals surface area contributed by atoms with Crippen LogP contribution in [0.15, 0.2) is 0 Å². The molecule has 2 saturated heterocycles. The maximum atomic E-state index is 5.89. The van der Waals surface area contributed by atoms with Gasteiger partial charge in [-0.2, -0.15) is 11.8 Å². The van der Waals surface area contributed by atoms with Crippen molar-refractivity contribution in [2.75, 3.05) is 32.5 Å². The standard InChI is InChI=1S/C12H22N2OS/c1-16-12-8-13-7-10(12)14-5-6-15-11-4-2-3-9(11)14/h9-13H,2-8H2,1H3. The minimum absolute atomic E-state index is 0.539. The van der Waals surface area contributed by atoms with Crippen molar-refractivity contribution in [2.45, 2.75) is 42.7 Å². The number of rotatable bonds is 2. The van der Waals surface area contributed by atoms with E-state index in [1.807, 2.05) is 11.8 Å². The lowest BCUT2D eigenvalue weighted by molar-refractivity contribution is -0.0681. The van der Waals surface area contributed by atoms with Crippen molar-refractivity contribution < 1.29 is 4.74 Å². The van der Waals surface area contributed by atoms with Crippen LogP contribution >= 0.6 is 11.8 Å². The minimum Gasteiger partial charge on any atom is -0.375 e. The van der Waals surface area contributed by atoms with Gasteiger partial charge in [0.25, 0.3) is 0 Å². The molecule has 4 heteroatoms. The van der Waals surface area contributed by atoms with Crippen LogP contribution in [-0.4, -0.2) is 60.8 Å². The van der Waals surface area contributed by atoms with Gasteiger partial charge in [-0.05, 0) is 25.5 Å². The van der Waals surface area contributed by atoms with E-state index < -0.39 is 0 Å². The molecule has 2 heterocycles. The second kappa shape index (κ2) is 4.84. The van der Waals surface area contributed by atoms with Gasteiger partial charge in [0.1, 0.15) is 0 Å². The maximum Gasteiger partial charge on any atom is 0.0731 e. The maximum absolute atomic E-state index is 5.89. The Hall–Kier alpha value is 0.230. The summed E-state index contributed by atoms with van der Waals surface area (Å²) in [6, 6.07) is 1.46. The number of fused-ring (bicyclic) bond motifs is 1. The Balaban J connectivity index is 1.72. The topological polar surface area (TPSA) is 24.5 Å². The number of hydrogen-bond donors (Lipinski definition) is 1. The number of ether oxygens (including phenoxy) is 1. The summed E-state index contributed by atoms with van der Waals surface area (Å²) < 4.78 is 5.89. The molecule has 16 heavy (non-hydrogen) atoms. The summed E-state index contributed by atoms with van der Waals surface area (Å²) in [7, 11) is 0. The molecule has 0 aromatic rings. The zero-order valence-corrected chi connectivity index (χ0v) is 10.8. The highest BCUT2D eigenvalue weighted by atomic mass is 32.2. The summed E-state index contributed by atoms with van der Waals surface area (Å²) in [6.07, 6.45) is 6.78. The van der Waals surface area contributed by atoms with Gasteiger partial charge in [0.2, 0.25) is 0 Å². The van der Waals surface area contributed by atoms with Gasteiger partial charge in [0.15, 0.2) is 0 Å². The first-order chi connectivity index (χ1) is 7.90. The number of morpholine rings is 1. The molecule has 0 spiro atoms. The quantitative estimate of drug-likeness (QED) is 0.779. The van der Waals surface area contributed by atoms with E-state index in [4.69, 9.17) is 4.74 Å². The van der Waals surface area contributed by atoms with E-state index in [1.54, 1.807) is 0 Å². The molecule has 3 rings (SSSR count). The summed E-state index contributed by atoms with van der Waals surface area (Å²) >= 11 is 2.02. The van der Waals surface area contributed by atoms with E-state index in [-0.39, 0.29) is 0 Å². The summed E-state index contributed by atoms with van der Waals surface area (Å²) in [5.41, 5.74) is 0. The molecule has 0 radical (unpaired) electrons. The molecule has 92 valence electrons. The molecule has 1 N–H and O–H groups in total. The van der Waals surface area contributed by atoms with Gasteiger partial charge >= 0.3 is 0 Å². The molecule has 4 unspecified atom stereocenters. The molecule has 1 saturated carbocycles. The normalized spacial score (nSPS) is 44.8. The van der Waals surface area contributed by atoms with E-state index in [9.17, 15) is 0 Å². The molecular formula is C12H22N2OS. The molecule has 0 bridgehead atoms. The Morgan fingerprint density at radius 1 is 1.25 bits per heavy atom. The van der Waals surface area contributed by atoms with Crippen molar-refractivity contribution >= 4 is 11.8 Å². The molecule has 1 aliphatic carbocycles. The van der Waals surface area contributed by atoms with Gasteiger partial charge in [-0.1, -0.05) is 0 Å². The van der Waals surface area contributed by atoms with Crippen LogP contribution in [0.3, 0.4) is 0 Å². The van der Waals surface area contributed by atoms with Crippen molar-refractivity contribution in [1.82, 2.24) is 10.2 Å². The van der Waals surface area contributed by atoms with Gasteiger partial charge < -0.3 is 10.1 Å². The average molecular weight is 242 g/mol. The predicted octanol–water partition coefficient (Wildman–Crippen LogP) is 0.943. The van der Waals surface area contributed by atoms with Crippen LogP contribution in [0.5, 0.6) is 0 Å². The minimum atomic E-state index is 0.539. The van der Waals surface area contributed by atoms with Crippen LogP contribution in [0.2, 0.25) is 0 Å². The highest BCUT2D eigenvalue weighted by Gasteiger charge is 2.42. The fourth-order valence-electron chi connectivity index (χ4n) is 3.58. The van der Waals surface area contributed by atoms with Crippen molar-refractivity contribution in [2.24, 2.45) is 0 Å². The fraction of sp³-hybridized carbons (Fsp3) is 1.00. The van der Waals surface area contributed by atoms with Gasteiger partial charge in [0, 0.05) is 37.0 Å². The third-order valence-corrected chi connectivity index (χ3v) is 5.47. The summed E-state index contributed by atoms with van der Waals surface area (Å²) in [6.45, 7) is 4.44. The van der Waals surface area contributed by atoms with Crippen LogP contribution in [0.25, 0.3) is 0 Å². The molecule has 0 aromatic carbocycles. The summed E-state index contributed by atoms with van der Waals surface area (Å²) in [5.74, 6) is 0. The smallest absolute Gasteiger partial charge is 0.0731 e. The van der Waals surface area contributed by atoms with E-state index in [1.165, 1.54) is 32.4 Å². The molecule has 3 fully saturated rings. The Morgan fingerprint density at radius 2 is 2.19 bits per heavy atom. The van der Waals surface area contributed by atoms with Crippen molar-refractivity contribution in [3.8, 4) is 0 Å². The Bertz CT molecular complexity index is 251. The van der Waals surface area contributed by atoms with E-state index in [2.05, 4.69) is 16.5 Å². The second-order valence-corrected chi connectivity index (χ2v) is 6.22. The average Bonchev–Trinajstić information content (AvgIpc) is 2.96. The van der Waals surface area contributed by atoms with Crippen LogP contribution < -0.4 is 5.32 Å². The van der Waals surface area contributed by atoms with Crippen LogP contribution in [0, 0.1) is 0 Å². The van der Waals surface area contributed by atoms with Crippen molar-refractivity contribution in [3.63, 3.8) is 0 Å². The van der Waals surface area contributed by atoms with Crippen LogP contribution in [0.4, 0.5) is 0 Å². The molecule has 2 aliphatic heterocycles. The van der Waals surface area contributed by atoms with Crippen LogP contribution in [0.1, 0.15) is 19.3 Å². The van der Waals surface area contributed by atoms with E-state index in [0.717, 1.165) is 24.4 Å². The molecular weight excluding hydrogens is 220 g/mol. The lowest BCUT2D eigenvalue weighted by Gasteiger charge is -2.42. The Morgan fingerprint density at radius 3 is 3.06 bits per heavy atom. The summed E-state index contributed by atoms with van der Waals surface area (Å²) in [5, 5.41) is 4.32. The summed E-state index contributed by atoms with van der Waals surface area (Å²) in [4.78, 5) is 2.75. The van der Waals surface area contributed by atoms with E-state index in [0.29, 0.717) is 12.1 Å². The highest BCUT2D eigenvalue weighted by Crippen LogP contribution is 2.33. The fourth-order valence-corrected chi connectivity index (χ4v) is 4.43. The third kappa shape index (κ3) is 1.90. The third-order valence-electron chi connectivity index (χ3n) is 4.38. The van der Waals surface area contributed by atoms with Gasteiger partial charge in [-0.3, -0.25) is 4.90 Å². The molecule has 0 aromatic heterocycles. The molecule has 0 amide bonds. The Labute approximate surface area is 102 Å². The van der Waals surface area contributed by atoms with Crippen LogP contribution in [-0.2, 0) is 4.74 Å². The van der Waals surface area contributed by atoms with Crippen molar-refractivity contribution in [1.29, 1.82) is 0 Å². The first kappa shape index (κ1) is 11.3. The first-order valence-corrected chi connectivity index (χ1v) is 7.80. The predicted molar refractivity (Wildman–Crippen MR) is 68.0 cm³/mol. The zero-order valence-electron chi connectivity index (χ0n) is 10.0. The number of nitrogens with one attached hydrogen (secondary N) is 1. The number of nitrogens with zero attached hydrogens (tertiary/aromatic N) is 1. The van der Waals surface area contributed by atoms with Gasteiger partial charge in [0.05, 0.1) is 12.7 Å². The molecule has 3 nitrogen and oxygen atoms in total. The number of thioether (sulfide) groups is 1. The van der Waals surface area contributed by atoms with Gasteiger partial charge in [-0.15, -0.1) is 0 Å². The number of hydrogen-bond acceptors (Lipinski definition) is 4. The highest BCUT2D eigenvalue weighted by molar-refractivity contribution is 7.99. The lowest BCUT2D eigenvalue weighted by atomic mass is 10.1. The monoisotopic (exact) mass is 242 g/mol. The SMILES string of the molecule is CSC1CNCC1N1CCOC2CCCC21. The zero-order chi connectivity index (χ0) is 11.0. The lowest BCUT2D eigenvalue weighted by Crippen LogP contribution is -2.55. The molecule has 4 atom stereocenters. The largest absolute Gasteiger partial charge is 0.375 e. The Kier molecular flexibility index (Phi) is 3.43.